The Bertz CT molecular complexity index is 530. The highest BCUT2D eigenvalue weighted by atomic mass is 32.2. The number of rotatable bonds is 5. The van der Waals surface area contributed by atoms with E-state index in [9.17, 15) is 0 Å². The van der Waals surface area contributed by atoms with Gasteiger partial charge in [0.25, 0.3) is 0 Å². The molecule has 0 bridgehead atoms. The van der Waals surface area contributed by atoms with Gasteiger partial charge < -0.3 is 10.1 Å². The molecule has 96 valence electrons. The van der Waals surface area contributed by atoms with Crippen molar-refractivity contribution in [2.45, 2.75) is 17.2 Å². The third kappa shape index (κ3) is 2.83. The number of tetrazole rings is 1. The lowest BCUT2D eigenvalue weighted by molar-refractivity contribution is 0.373. The van der Waals surface area contributed by atoms with Gasteiger partial charge in [-0.1, -0.05) is 0 Å². The predicted molar refractivity (Wildman–Crippen MR) is 63.5 cm³/mol. The third-order valence-corrected chi connectivity index (χ3v) is 2.77. The zero-order chi connectivity index (χ0) is 13.0. The molecule has 0 aromatic carbocycles. The van der Waals surface area contributed by atoms with Crippen LogP contribution in [0.25, 0.3) is 0 Å². The predicted octanol–water partition coefficient (Wildman–Crippen LogP) is -0.0133. The molecule has 0 saturated heterocycles. The van der Waals surface area contributed by atoms with Crippen LogP contribution in [0.3, 0.4) is 0 Å². The van der Waals surface area contributed by atoms with Gasteiger partial charge in [-0.3, -0.25) is 0 Å². The fourth-order valence-electron chi connectivity index (χ4n) is 1.10. The van der Waals surface area contributed by atoms with E-state index < -0.39 is 0 Å². The Morgan fingerprint density at radius 1 is 1.33 bits per heavy atom. The molecule has 2 aromatic heterocycles. The van der Waals surface area contributed by atoms with Gasteiger partial charge in [0, 0.05) is 13.6 Å². The quantitative estimate of drug-likeness (QED) is 0.801. The summed E-state index contributed by atoms with van der Waals surface area (Å²) in [6.07, 6.45) is 0. The summed E-state index contributed by atoms with van der Waals surface area (Å²) in [6, 6.07) is 0.249. The second kappa shape index (κ2) is 5.58. The van der Waals surface area contributed by atoms with Gasteiger partial charge >= 0.3 is 6.01 Å². The molecule has 1 N–H and O–H groups in total. The van der Waals surface area contributed by atoms with Gasteiger partial charge in [0.1, 0.15) is 0 Å². The van der Waals surface area contributed by atoms with Crippen LogP contribution in [0.2, 0.25) is 0 Å². The fraction of sp³-hybridized carbons (Fsp3) is 0.500. The van der Waals surface area contributed by atoms with Crippen LogP contribution < -0.4 is 10.1 Å². The van der Waals surface area contributed by atoms with Gasteiger partial charge in [-0.25, -0.2) is 4.68 Å². The van der Waals surface area contributed by atoms with E-state index in [0.29, 0.717) is 22.8 Å². The lowest BCUT2D eigenvalue weighted by Crippen LogP contribution is -2.06. The van der Waals surface area contributed by atoms with E-state index in [2.05, 4.69) is 35.8 Å². The summed E-state index contributed by atoms with van der Waals surface area (Å²) < 4.78 is 6.55. The molecular weight excluding hydrogens is 256 g/mol. The minimum absolute atomic E-state index is 0.249. The number of nitrogens with zero attached hydrogens (tertiary/aromatic N) is 7. The molecule has 18 heavy (non-hydrogen) atoms. The summed E-state index contributed by atoms with van der Waals surface area (Å²) >= 11 is 1.24. The van der Waals surface area contributed by atoms with Crippen molar-refractivity contribution >= 4 is 17.7 Å². The van der Waals surface area contributed by atoms with Crippen molar-refractivity contribution in [2.75, 3.05) is 19.0 Å². The Morgan fingerprint density at radius 2 is 2.17 bits per heavy atom. The average molecular weight is 268 g/mol. The first-order valence-corrected chi connectivity index (χ1v) is 5.98. The van der Waals surface area contributed by atoms with Gasteiger partial charge in [0.2, 0.25) is 16.3 Å². The Hall–Kier alpha value is -1.97. The second-order valence-corrected chi connectivity index (χ2v) is 4.08. The standard InChI is InChI=1S/C8H12N8OS/c1-4-9-5-10-6(17-3)12-7(11-5)18-8-13-14-15-16(8)2/h4H2,1-3H3,(H,9,10,11,12). The van der Waals surface area contributed by atoms with Gasteiger partial charge in [-0.05, 0) is 29.1 Å². The third-order valence-electron chi connectivity index (χ3n) is 1.88. The van der Waals surface area contributed by atoms with Crippen LogP contribution in [-0.2, 0) is 7.05 Å². The molecular formula is C8H12N8OS. The maximum Gasteiger partial charge on any atom is 0.321 e. The number of aromatic nitrogens is 7. The smallest absolute Gasteiger partial charge is 0.321 e. The number of hydrogen-bond acceptors (Lipinski definition) is 9. The van der Waals surface area contributed by atoms with E-state index in [1.807, 2.05) is 6.92 Å². The van der Waals surface area contributed by atoms with Gasteiger partial charge in [-0.2, -0.15) is 15.0 Å². The van der Waals surface area contributed by atoms with Crippen molar-refractivity contribution in [1.29, 1.82) is 0 Å². The molecule has 0 amide bonds. The summed E-state index contributed by atoms with van der Waals surface area (Å²) in [6.45, 7) is 2.67. The fourth-order valence-corrected chi connectivity index (χ4v) is 1.77. The number of hydrogen-bond donors (Lipinski definition) is 1. The van der Waals surface area contributed by atoms with Gasteiger partial charge in [-0.15, -0.1) is 5.10 Å². The molecule has 0 radical (unpaired) electrons. The van der Waals surface area contributed by atoms with Crippen molar-refractivity contribution < 1.29 is 4.74 Å². The lowest BCUT2D eigenvalue weighted by Gasteiger charge is -2.05. The van der Waals surface area contributed by atoms with Crippen molar-refractivity contribution in [1.82, 2.24) is 35.2 Å². The first kappa shape index (κ1) is 12.5. The second-order valence-electron chi connectivity index (χ2n) is 3.15. The molecule has 0 aliphatic carbocycles. The minimum Gasteiger partial charge on any atom is -0.467 e. The molecule has 2 rings (SSSR count). The largest absolute Gasteiger partial charge is 0.467 e. The maximum absolute atomic E-state index is 5.02. The lowest BCUT2D eigenvalue weighted by atomic mass is 10.7. The summed E-state index contributed by atoms with van der Waals surface area (Å²) in [4.78, 5) is 12.4. The van der Waals surface area contributed by atoms with Crippen molar-refractivity contribution in [2.24, 2.45) is 7.05 Å². The highest BCUT2D eigenvalue weighted by molar-refractivity contribution is 7.99. The Morgan fingerprint density at radius 3 is 2.78 bits per heavy atom. The maximum atomic E-state index is 5.02. The Balaban J connectivity index is 2.26. The molecule has 0 spiro atoms. The molecule has 10 heteroatoms. The van der Waals surface area contributed by atoms with Crippen molar-refractivity contribution in [3.05, 3.63) is 0 Å². The van der Waals surface area contributed by atoms with E-state index in [0.717, 1.165) is 0 Å². The summed E-state index contributed by atoms with van der Waals surface area (Å²) in [5.41, 5.74) is 0. The van der Waals surface area contributed by atoms with Crippen LogP contribution in [0.4, 0.5) is 5.95 Å². The topological polar surface area (TPSA) is 104 Å². The molecule has 2 heterocycles. The average Bonchev–Trinajstić information content (AvgIpc) is 2.75. The molecule has 0 aliphatic heterocycles. The first-order valence-electron chi connectivity index (χ1n) is 5.17. The van der Waals surface area contributed by atoms with Crippen LogP contribution in [-0.4, -0.2) is 48.8 Å². The van der Waals surface area contributed by atoms with E-state index in [4.69, 9.17) is 4.74 Å². The summed E-state index contributed by atoms with van der Waals surface area (Å²) in [5, 5.41) is 15.2. The van der Waals surface area contributed by atoms with E-state index in [1.165, 1.54) is 23.6 Å². The number of ether oxygens (including phenoxy) is 1. The van der Waals surface area contributed by atoms with Crippen LogP contribution in [0, 0.1) is 0 Å². The monoisotopic (exact) mass is 268 g/mol. The normalized spacial score (nSPS) is 10.4. The molecule has 0 aliphatic rings. The molecule has 0 atom stereocenters. The van der Waals surface area contributed by atoms with Crippen LogP contribution in [0.1, 0.15) is 6.92 Å². The Labute approximate surface area is 107 Å². The number of nitrogens with one attached hydrogen (secondary N) is 1. The summed E-state index contributed by atoms with van der Waals surface area (Å²) in [5.74, 6) is 0.460. The zero-order valence-electron chi connectivity index (χ0n) is 10.2. The number of methoxy groups -OCH3 is 1. The van der Waals surface area contributed by atoms with Crippen LogP contribution in [0.5, 0.6) is 6.01 Å². The number of aryl methyl sites for hydroxylation is 1. The van der Waals surface area contributed by atoms with Crippen LogP contribution >= 0.6 is 11.8 Å². The molecule has 0 fully saturated rings. The zero-order valence-corrected chi connectivity index (χ0v) is 11.0. The SMILES string of the molecule is CCNc1nc(OC)nc(Sc2nnnn2C)n1. The highest BCUT2D eigenvalue weighted by Gasteiger charge is 2.11. The molecule has 2 aromatic rings. The van der Waals surface area contributed by atoms with Crippen molar-refractivity contribution in [3.63, 3.8) is 0 Å². The summed E-state index contributed by atoms with van der Waals surface area (Å²) in [7, 11) is 3.25. The molecule has 0 saturated carbocycles. The van der Waals surface area contributed by atoms with E-state index >= 15 is 0 Å². The number of anilines is 1. The van der Waals surface area contributed by atoms with E-state index in [1.54, 1.807) is 7.05 Å². The van der Waals surface area contributed by atoms with Crippen LogP contribution in [0.15, 0.2) is 10.3 Å². The first-order chi connectivity index (χ1) is 8.72. The highest BCUT2D eigenvalue weighted by Crippen LogP contribution is 2.23. The van der Waals surface area contributed by atoms with Gasteiger partial charge in [0.15, 0.2) is 0 Å². The van der Waals surface area contributed by atoms with Crippen molar-refractivity contribution in [3.8, 4) is 6.01 Å². The minimum atomic E-state index is 0.249. The molecule has 9 nitrogen and oxygen atoms in total. The van der Waals surface area contributed by atoms with Gasteiger partial charge in [0.05, 0.1) is 7.11 Å². The Kier molecular flexibility index (Phi) is 3.87. The molecule has 0 unspecified atom stereocenters. The van der Waals surface area contributed by atoms with E-state index in [-0.39, 0.29) is 6.01 Å².